The maximum absolute atomic E-state index is 12.7. The molecule has 2 atom stereocenters. The molecule has 0 aliphatic rings. The Balaban J connectivity index is 4.44. The highest BCUT2D eigenvalue weighted by molar-refractivity contribution is 5.69. The molecule has 0 aromatic carbocycles. The normalized spacial score (nSPS) is 13.0. The molecule has 0 aromatic heterocycles. The SMILES string of the molecule is CCCCCCCCCCCC(CCCCCCCCC(=O)OCC(CCCCCC)CCCCCCCC)CCCCCCCCC(=O)OCC(CCCCCC)CCCCCCCC. The van der Waals surface area contributed by atoms with Gasteiger partial charge < -0.3 is 9.47 Å². The van der Waals surface area contributed by atoms with Gasteiger partial charge >= 0.3 is 11.9 Å². The molecule has 394 valence electrons. The van der Waals surface area contributed by atoms with E-state index in [4.69, 9.17) is 9.47 Å². The third-order valence-electron chi connectivity index (χ3n) is 15.0. The lowest BCUT2D eigenvalue weighted by molar-refractivity contribution is -0.146. The average molecular weight is 932 g/mol. The van der Waals surface area contributed by atoms with Gasteiger partial charge in [0.05, 0.1) is 13.2 Å². The van der Waals surface area contributed by atoms with Gasteiger partial charge in [-0.1, -0.05) is 304 Å². The lowest BCUT2D eigenvalue weighted by Gasteiger charge is -2.17. The van der Waals surface area contributed by atoms with Crippen molar-refractivity contribution in [1.29, 1.82) is 0 Å². The van der Waals surface area contributed by atoms with Crippen LogP contribution < -0.4 is 0 Å². The summed E-state index contributed by atoms with van der Waals surface area (Å²) in [5.41, 5.74) is 0. The molecule has 66 heavy (non-hydrogen) atoms. The fourth-order valence-corrected chi connectivity index (χ4v) is 10.3. The molecule has 0 aliphatic carbocycles. The summed E-state index contributed by atoms with van der Waals surface area (Å²) in [6.07, 6.45) is 64.4. The van der Waals surface area contributed by atoms with Crippen LogP contribution in [0.2, 0.25) is 0 Å². The highest BCUT2D eigenvalue weighted by Crippen LogP contribution is 2.26. The van der Waals surface area contributed by atoms with Crippen LogP contribution in [0.4, 0.5) is 0 Å². The first-order chi connectivity index (χ1) is 32.5. The van der Waals surface area contributed by atoms with Crippen molar-refractivity contribution in [2.45, 2.75) is 356 Å². The first-order valence-corrected chi connectivity index (χ1v) is 30.8. The second kappa shape index (κ2) is 54.9. The first kappa shape index (κ1) is 64.9. The molecule has 0 aliphatic heterocycles. The van der Waals surface area contributed by atoms with Crippen molar-refractivity contribution in [2.24, 2.45) is 17.8 Å². The quantitative estimate of drug-likeness (QED) is 0.0450. The Morgan fingerprint density at radius 2 is 0.424 bits per heavy atom. The van der Waals surface area contributed by atoms with E-state index < -0.39 is 0 Å². The molecule has 0 heterocycles. The molecule has 0 spiro atoms. The Kier molecular flexibility index (Phi) is 54.0. The Bertz CT molecular complexity index is 884. The lowest BCUT2D eigenvalue weighted by Crippen LogP contribution is -2.14. The summed E-state index contributed by atoms with van der Waals surface area (Å²) < 4.78 is 11.7. The van der Waals surface area contributed by atoms with Gasteiger partial charge in [0.15, 0.2) is 0 Å². The van der Waals surface area contributed by atoms with Gasteiger partial charge in [-0.25, -0.2) is 0 Å². The fraction of sp³-hybridized carbons (Fsp3) is 0.968. The van der Waals surface area contributed by atoms with Crippen molar-refractivity contribution in [3.05, 3.63) is 0 Å². The summed E-state index contributed by atoms with van der Waals surface area (Å²) in [4.78, 5) is 25.3. The lowest BCUT2D eigenvalue weighted by atomic mass is 9.89. The third-order valence-corrected chi connectivity index (χ3v) is 15.0. The van der Waals surface area contributed by atoms with Crippen LogP contribution in [0, 0.1) is 17.8 Å². The van der Waals surface area contributed by atoms with Crippen molar-refractivity contribution in [3.63, 3.8) is 0 Å². The molecule has 0 radical (unpaired) electrons. The van der Waals surface area contributed by atoms with E-state index in [0.29, 0.717) is 37.9 Å². The molecule has 2 unspecified atom stereocenters. The molecule has 0 amide bonds. The highest BCUT2D eigenvalue weighted by Gasteiger charge is 2.15. The minimum atomic E-state index is 0.0430. The van der Waals surface area contributed by atoms with Gasteiger partial charge in [0.2, 0.25) is 0 Å². The van der Waals surface area contributed by atoms with Gasteiger partial charge in [0, 0.05) is 12.8 Å². The maximum Gasteiger partial charge on any atom is 0.305 e. The summed E-state index contributed by atoms with van der Waals surface area (Å²) in [6, 6.07) is 0. The molecule has 4 nitrogen and oxygen atoms in total. The summed E-state index contributed by atoms with van der Waals surface area (Å²) >= 11 is 0. The standard InChI is InChI=1S/C62H122O4/c1-6-11-16-21-24-25-26-33-40-47-58(48-41-34-27-29-36-45-54-61(63)65-56-59(50-38-19-14-9-4)52-43-31-22-17-12-7-2)49-42-35-28-30-37-46-55-62(64)66-57-60(51-39-20-15-10-5)53-44-32-23-18-13-8-3/h58-60H,6-57H2,1-5H3. The summed E-state index contributed by atoms with van der Waals surface area (Å²) in [5.74, 6) is 2.10. The number of hydrogen-bond acceptors (Lipinski definition) is 4. The van der Waals surface area contributed by atoms with Crippen molar-refractivity contribution in [1.82, 2.24) is 0 Å². The highest BCUT2D eigenvalue weighted by atomic mass is 16.5. The Morgan fingerprint density at radius 3 is 0.667 bits per heavy atom. The van der Waals surface area contributed by atoms with Crippen LogP contribution in [-0.4, -0.2) is 25.2 Å². The van der Waals surface area contributed by atoms with Crippen LogP contribution in [0.15, 0.2) is 0 Å². The van der Waals surface area contributed by atoms with Crippen molar-refractivity contribution in [3.8, 4) is 0 Å². The van der Waals surface area contributed by atoms with E-state index in [1.165, 1.54) is 283 Å². The Hall–Kier alpha value is -1.06. The van der Waals surface area contributed by atoms with Crippen LogP contribution >= 0.6 is 0 Å². The van der Waals surface area contributed by atoms with E-state index in [0.717, 1.165) is 31.6 Å². The largest absolute Gasteiger partial charge is 0.465 e. The van der Waals surface area contributed by atoms with Crippen LogP contribution in [-0.2, 0) is 19.1 Å². The molecule has 0 saturated heterocycles. The van der Waals surface area contributed by atoms with Crippen molar-refractivity contribution in [2.75, 3.05) is 13.2 Å². The molecular formula is C62H122O4. The molecule has 0 rings (SSSR count). The van der Waals surface area contributed by atoms with E-state index in [2.05, 4.69) is 34.6 Å². The molecular weight excluding hydrogens is 809 g/mol. The predicted molar refractivity (Wildman–Crippen MR) is 292 cm³/mol. The Morgan fingerprint density at radius 1 is 0.242 bits per heavy atom. The number of unbranched alkanes of at least 4 members (excludes halogenated alkanes) is 34. The Labute approximate surface area is 416 Å². The summed E-state index contributed by atoms with van der Waals surface area (Å²) in [7, 11) is 0. The second-order valence-corrected chi connectivity index (χ2v) is 21.7. The van der Waals surface area contributed by atoms with E-state index >= 15 is 0 Å². The van der Waals surface area contributed by atoms with Crippen LogP contribution in [0.1, 0.15) is 356 Å². The molecule has 4 heteroatoms. The number of hydrogen-bond donors (Lipinski definition) is 0. The van der Waals surface area contributed by atoms with E-state index in [-0.39, 0.29) is 11.9 Å². The van der Waals surface area contributed by atoms with Gasteiger partial charge in [-0.05, 0) is 56.3 Å². The zero-order valence-corrected chi connectivity index (χ0v) is 46.1. The molecule has 0 bridgehead atoms. The fourth-order valence-electron chi connectivity index (χ4n) is 10.3. The topological polar surface area (TPSA) is 52.6 Å². The number of carbonyl (C=O) groups excluding carboxylic acids is 2. The molecule has 0 N–H and O–H groups in total. The van der Waals surface area contributed by atoms with Gasteiger partial charge in [-0.3, -0.25) is 9.59 Å². The molecule has 0 fully saturated rings. The van der Waals surface area contributed by atoms with Gasteiger partial charge in [0.25, 0.3) is 0 Å². The minimum Gasteiger partial charge on any atom is -0.465 e. The average Bonchev–Trinajstić information content (AvgIpc) is 3.32. The van der Waals surface area contributed by atoms with Gasteiger partial charge in [-0.2, -0.15) is 0 Å². The number of rotatable bonds is 56. The smallest absolute Gasteiger partial charge is 0.305 e. The predicted octanol–water partition coefficient (Wildman–Crippen LogP) is 21.5. The second-order valence-electron chi connectivity index (χ2n) is 21.7. The van der Waals surface area contributed by atoms with Gasteiger partial charge in [0.1, 0.15) is 0 Å². The molecule has 0 aromatic rings. The molecule has 0 saturated carbocycles. The number of esters is 2. The minimum absolute atomic E-state index is 0.0430. The van der Waals surface area contributed by atoms with Crippen LogP contribution in [0.25, 0.3) is 0 Å². The summed E-state index contributed by atoms with van der Waals surface area (Å²) in [5, 5.41) is 0. The van der Waals surface area contributed by atoms with Crippen LogP contribution in [0.5, 0.6) is 0 Å². The maximum atomic E-state index is 12.7. The monoisotopic (exact) mass is 931 g/mol. The number of ether oxygens (including phenoxy) is 2. The van der Waals surface area contributed by atoms with Crippen molar-refractivity contribution < 1.29 is 19.1 Å². The third kappa shape index (κ3) is 49.4. The van der Waals surface area contributed by atoms with Crippen LogP contribution in [0.3, 0.4) is 0 Å². The summed E-state index contributed by atoms with van der Waals surface area (Å²) in [6.45, 7) is 12.7. The van der Waals surface area contributed by atoms with Crippen molar-refractivity contribution >= 4 is 11.9 Å². The zero-order valence-electron chi connectivity index (χ0n) is 46.1. The zero-order chi connectivity index (χ0) is 48.1. The number of carbonyl (C=O) groups is 2. The van der Waals surface area contributed by atoms with E-state index in [9.17, 15) is 9.59 Å². The van der Waals surface area contributed by atoms with E-state index in [1.54, 1.807) is 0 Å². The van der Waals surface area contributed by atoms with E-state index in [1.807, 2.05) is 0 Å². The van der Waals surface area contributed by atoms with Gasteiger partial charge in [-0.15, -0.1) is 0 Å². The first-order valence-electron chi connectivity index (χ1n) is 30.8.